The molecule has 3 atom stereocenters. The predicted octanol–water partition coefficient (Wildman–Crippen LogP) is 1.72. The number of sulfonamides is 1. The van der Waals surface area contributed by atoms with Gasteiger partial charge in [0.15, 0.2) is 0 Å². The minimum Gasteiger partial charge on any atom is -0.298 e. The Morgan fingerprint density at radius 1 is 1.24 bits per heavy atom. The van der Waals surface area contributed by atoms with Crippen molar-refractivity contribution >= 4 is 21.8 Å². The second-order valence-corrected chi connectivity index (χ2v) is 10.9. The molecular weight excluding hydrogens is 338 g/mol. The number of carbonyl (C=O) groups is 1. The molecule has 140 valence electrons. The standard InChI is InChI=1S/C18H29N3O3S/c1-12(2)11-25(23,24)20-9-15-6-7-18(16(15)10-20)17(22)21(13(3)19-18)8-14-4-5-14/h12,14-16H,4-11H2,1-3H3/t15-,16+,18-/m1/s1. The van der Waals surface area contributed by atoms with E-state index in [0.29, 0.717) is 19.0 Å². The molecule has 0 aromatic carbocycles. The largest absolute Gasteiger partial charge is 0.298 e. The minimum absolute atomic E-state index is 0.0427. The first-order chi connectivity index (χ1) is 11.7. The third-order valence-corrected chi connectivity index (χ3v) is 8.53. The first kappa shape index (κ1) is 17.5. The molecule has 3 fully saturated rings. The SMILES string of the molecule is CC1=N[C@@]2(CC[C@@H]3CN(S(=O)(=O)CC(C)C)C[C@@H]32)C(=O)N1CC1CC1. The van der Waals surface area contributed by atoms with Crippen molar-refractivity contribution in [3.63, 3.8) is 0 Å². The zero-order chi connectivity index (χ0) is 18.0. The molecule has 6 nitrogen and oxygen atoms in total. The second kappa shape index (κ2) is 5.78. The number of nitrogens with zero attached hydrogens (tertiary/aromatic N) is 3. The van der Waals surface area contributed by atoms with Gasteiger partial charge in [-0.25, -0.2) is 12.7 Å². The lowest BCUT2D eigenvalue weighted by Gasteiger charge is -2.28. The molecule has 2 aliphatic heterocycles. The summed E-state index contributed by atoms with van der Waals surface area (Å²) < 4.78 is 26.9. The third kappa shape index (κ3) is 2.83. The highest BCUT2D eigenvalue weighted by Crippen LogP contribution is 2.51. The van der Waals surface area contributed by atoms with Gasteiger partial charge < -0.3 is 0 Å². The van der Waals surface area contributed by atoms with Gasteiger partial charge in [0, 0.05) is 25.6 Å². The highest BCUT2D eigenvalue weighted by atomic mass is 32.2. The number of aliphatic imine (C=N–C) groups is 1. The van der Waals surface area contributed by atoms with Gasteiger partial charge in [0.2, 0.25) is 10.0 Å². The molecule has 0 unspecified atom stereocenters. The molecule has 2 aliphatic carbocycles. The van der Waals surface area contributed by atoms with E-state index in [2.05, 4.69) is 0 Å². The lowest BCUT2D eigenvalue weighted by molar-refractivity contribution is -0.132. The van der Waals surface area contributed by atoms with Gasteiger partial charge in [-0.1, -0.05) is 13.8 Å². The molecule has 0 bridgehead atoms. The van der Waals surface area contributed by atoms with E-state index in [9.17, 15) is 13.2 Å². The summed E-state index contributed by atoms with van der Waals surface area (Å²) in [5.74, 6) is 2.21. The van der Waals surface area contributed by atoms with Gasteiger partial charge in [0.05, 0.1) is 5.75 Å². The fraction of sp³-hybridized carbons (Fsp3) is 0.889. The van der Waals surface area contributed by atoms with Crippen LogP contribution in [-0.2, 0) is 14.8 Å². The van der Waals surface area contributed by atoms with Crippen LogP contribution in [0.5, 0.6) is 0 Å². The Labute approximate surface area is 150 Å². The molecule has 1 amide bonds. The van der Waals surface area contributed by atoms with Gasteiger partial charge in [-0.05, 0) is 50.4 Å². The molecule has 4 rings (SSSR count). The van der Waals surface area contributed by atoms with E-state index >= 15 is 0 Å². The predicted molar refractivity (Wildman–Crippen MR) is 96.7 cm³/mol. The Balaban J connectivity index is 1.55. The van der Waals surface area contributed by atoms with Crippen molar-refractivity contribution in [1.82, 2.24) is 9.21 Å². The van der Waals surface area contributed by atoms with Crippen LogP contribution in [0.15, 0.2) is 4.99 Å². The maximum Gasteiger partial charge on any atom is 0.256 e. The number of fused-ring (bicyclic) bond motifs is 2. The highest BCUT2D eigenvalue weighted by Gasteiger charge is 2.61. The molecule has 0 aromatic heterocycles. The van der Waals surface area contributed by atoms with Crippen molar-refractivity contribution in [2.75, 3.05) is 25.4 Å². The van der Waals surface area contributed by atoms with Crippen molar-refractivity contribution in [3.8, 4) is 0 Å². The summed E-state index contributed by atoms with van der Waals surface area (Å²) in [7, 11) is -3.24. The first-order valence-electron chi connectivity index (χ1n) is 9.59. The fourth-order valence-corrected chi connectivity index (χ4v) is 6.83. The van der Waals surface area contributed by atoms with Gasteiger partial charge in [-0.3, -0.25) is 14.7 Å². The molecule has 0 aromatic rings. The van der Waals surface area contributed by atoms with E-state index in [1.807, 2.05) is 25.7 Å². The lowest BCUT2D eigenvalue weighted by Crippen LogP contribution is -2.47. The lowest BCUT2D eigenvalue weighted by atomic mass is 9.85. The topological polar surface area (TPSA) is 70.0 Å². The van der Waals surface area contributed by atoms with E-state index < -0.39 is 15.6 Å². The summed E-state index contributed by atoms with van der Waals surface area (Å²) >= 11 is 0. The number of carbonyl (C=O) groups excluding carboxylic acids is 1. The summed E-state index contributed by atoms with van der Waals surface area (Å²) in [6.45, 7) is 7.61. The van der Waals surface area contributed by atoms with Crippen LogP contribution in [0.2, 0.25) is 0 Å². The van der Waals surface area contributed by atoms with Crippen LogP contribution in [0.1, 0.15) is 46.5 Å². The number of hydrogen-bond acceptors (Lipinski definition) is 4. The van der Waals surface area contributed by atoms with Crippen LogP contribution in [0, 0.1) is 23.7 Å². The maximum atomic E-state index is 13.2. The number of rotatable bonds is 5. The zero-order valence-electron chi connectivity index (χ0n) is 15.4. The summed E-state index contributed by atoms with van der Waals surface area (Å²) in [6.07, 6.45) is 4.09. The fourth-order valence-electron chi connectivity index (χ4n) is 4.97. The van der Waals surface area contributed by atoms with Gasteiger partial charge in [0.25, 0.3) is 5.91 Å². The first-order valence-corrected chi connectivity index (χ1v) is 11.2. The van der Waals surface area contributed by atoms with Crippen LogP contribution in [0.25, 0.3) is 0 Å². The van der Waals surface area contributed by atoms with E-state index in [4.69, 9.17) is 4.99 Å². The molecule has 4 aliphatic rings. The molecule has 25 heavy (non-hydrogen) atoms. The Hall–Kier alpha value is -0.950. The molecule has 2 heterocycles. The van der Waals surface area contributed by atoms with Crippen molar-refractivity contribution < 1.29 is 13.2 Å². The maximum absolute atomic E-state index is 13.2. The Morgan fingerprint density at radius 2 is 1.96 bits per heavy atom. The number of amidine groups is 1. The molecule has 2 saturated carbocycles. The number of amides is 1. The third-order valence-electron chi connectivity index (χ3n) is 6.36. The normalized spacial score (nSPS) is 35.9. The van der Waals surface area contributed by atoms with Crippen molar-refractivity contribution in [2.24, 2.45) is 28.7 Å². The van der Waals surface area contributed by atoms with Crippen LogP contribution in [-0.4, -0.2) is 60.3 Å². The van der Waals surface area contributed by atoms with Crippen LogP contribution in [0.4, 0.5) is 0 Å². The molecule has 0 radical (unpaired) electrons. The Morgan fingerprint density at radius 3 is 2.60 bits per heavy atom. The quantitative estimate of drug-likeness (QED) is 0.743. The van der Waals surface area contributed by atoms with E-state index in [1.54, 1.807) is 4.31 Å². The number of hydrogen-bond donors (Lipinski definition) is 0. The molecular formula is C18H29N3O3S. The van der Waals surface area contributed by atoms with Crippen LogP contribution in [0.3, 0.4) is 0 Å². The monoisotopic (exact) mass is 367 g/mol. The molecule has 1 saturated heterocycles. The smallest absolute Gasteiger partial charge is 0.256 e. The van der Waals surface area contributed by atoms with Crippen LogP contribution >= 0.6 is 0 Å². The van der Waals surface area contributed by atoms with Crippen molar-refractivity contribution in [3.05, 3.63) is 0 Å². The van der Waals surface area contributed by atoms with Crippen molar-refractivity contribution in [1.29, 1.82) is 0 Å². The summed E-state index contributed by atoms with van der Waals surface area (Å²) in [6, 6.07) is 0. The summed E-state index contributed by atoms with van der Waals surface area (Å²) in [5, 5.41) is 0. The van der Waals surface area contributed by atoms with E-state index in [1.165, 1.54) is 12.8 Å². The highest BCUT2D eigenvalue weighted by molar-refractivity contribution is 7.89. The molecule has 1 spiro atoms. The van der Waals surface area contributed by atoms with Gasteiger partial charge in [-0.2, -0.15) is 0 Å². The summed E-state index contributed by atoms with van der Waals surface area (Å²) in [5.41, 5.74) is -0.689. The van der Waals surface area contributed by atoms with E-state index in [0.717, 1.165) is 25.2 Å². The van der Waals surface area contributed by atoms with Gasteiger partial charge >= 0.3 is 0 Å². The molecule has 0 N–H and O–H groups in total. The summed E-state index contributed by atoms with van der Waals surface area (Å²) in [4.78, 5) is 20.0. The Kier molecular flexibility index (Phi) is 4.03. The van der Waals surface area contributed by atoms with E-state index in [-0.39, 0.29) is 29.4 Å². The minimum atomic E-state index is -3.24. The average molecular weight is 368 g/mol. The van der Waals surface area contributed by atoms with Crippen molar-refractivity contribution in [2.45, 2.75) is 52.0 Å². The Bertz CT molecular complexity index is 713. The molecule has 7 heteroatoms. The zero-order valence-corrected chi connectivity index (χ0v) is 16.3. The second-order valence-electron chi connectivity index (χ2n) is 8.84. The van der Waals surface area contributed by atoms with Gasteiger partial charge in [0.1, 0.15) is 11.4 Å². The van der Waals surface area contributed by atoms with Crippen LogP contribution < -0.4 is 0 Å². The average Bonchev–Trinajstić information content (AvgIpc) is 3.02. The van der Waals surface area contributed by atoms with Gasteiger partial charge in [-0.15, -0.1) is 0 Å².